The number of aromatic nitrogens is 1. The number of rotatable bonds is 2. The fourth-order valence-electron chi connectivity index (χ4n) is 1.87. The number of para-hydroxylation sites is 1. The molecule has 4 nitrogen and oxygen atoms in total. The fraction of sp³-hybridized carbons (Fsp3) is 0. The molecule has 0 aliphatic rings. The van der Waals surface area contributed by atoms with Crippen LogP contribution in [0.4, 0.5) is 0 Å². The standard InChI is InChI=1S/C14H8ClNO3/c15-10-6-2-1-4-8(10)13-16-11-7-3-5-9(14(17)18)12(11)19-13/h1-7H,(H,17,18). The first kappa shape index (κ1) is 11.7. The minimum absolute atomic E-state index is 0.0864. The second kappa shape index (κ2) is 4.40. The van der Waals surface area contributed by atoms with Crippen LogP contribution in [-0.2, 0) is 0 Å². The molecule has 0 saturated heterocycles. The second-order valence-corrected chi connectivity index (χ2v) is 4.37. The molecule has 0 unspecified atom stereocenters. The zero-order valence-corrected chi connectivity index (χ0v) is 10.4. The summed E-state index contributed by atoms with van der Waals surface area (Å²) in [5, 5.41) is 9.61. The molecule has 0 radical (unpaired) electrons. The van der Waals surface area contributed by atoms with Crippen molar-refractivity contribution in [2.24, 2.45) is 0 Å². The molecule has 19 heavy (non-hydrogen) atoms. The Hall–Kier alpha value is -2.33. The van der Waals surface area contributed by atoms with Crippen molar-refractivity contribution >= 4 is 28.7 Å². The molecule has 1 N–H and O–H groups in total. The molecule has 0 aliphatic carbocycles. The van der Waals surface area contributed by atoms with Crippen molar-refractivity contribution in [2.45, 2.75) is 0 Å². The molecule has 0 saturated carbocycles. The number of carboxylic acid groups (broad SMARTS) is 1. The van der Waals surface area contributed by atoms with Gasteiger partial charge < -0.3 is 9.52 Å². The van der Waals surface area contributed by atoms with E-state index in [0.29, 0.717) is 22.0 Å². The molecule has 2 aromatic carbocycles. The van der Waals surface area contributed by atoms with Crippen LogP contribution in [0, 0.1) is 0 Å². The average molecular weight is 274 g/mol. The summed E-state index contributed by atoms with van der Waals surface area (Å²) in [4.78, 5) is 15.4. The zero-order chi connectivity index (χ0) is 13.4. The number of halogens is 1. The number of nitrogens with zero attached hydrogens (tertiary/aromatic N) is 1. The van der Waals surface area contributed by atoms with Gasteiger partial charge in [0.15, 0.2) is 5.58 Å². The van der Waals surface area contributed by atoms with E-state index in [-0.39, 0.29) is 11.1 Å². The monoisotopic (exact) mass is 273 g/mol. The molecule has 0 aliphatic heterocycles. The lowest BCUT2D eigenvalue weighted by Crippen LogP contribution is -1.95. The van der Waals surface area contributed by atoms with E-state index in [1.165, 1.54) is 6.07 Å². The third kappa shape index (κ3) is 1.96. The lowest BCUT2D eigenvalue weighted by Gasteiger charge is -1.97. The number of hydrogen-bond donors (Lipinski definition) is 1. The van der Waals surface area contributed by atoms with E-state index in [0.717, 1.165) is 0 Å². The van der Waals surface area contributed by atoms with Gasteiger partial charge in [0, 0.05) is 0 Å². The Kier molecular flexibility index (Phi) is 2.72. The Bertz CT molecular complexity index is 779. The van der Waals surface area contributed by atoms with Crippen LogP contribution >= 0.6 is 11.6 Å². The first-order chi connectivity index (χ1) is 9.16. The molecule has 3 aromatic rings. The van der Waals surface area contributed by atoms with E-state index in [9.17, 15) is 4.79 Å². The summed E-state index contributed by atoms with van der Waals surface area (Å²) < 4.78 is 5.55. The summed E-state index contributed by atoms with van der Waals surface area (Å²) in [6, 6.07) is 11.9. The quantitative estimate of drug-likeness (QED) is 0.770. The summed E-state index contributed by atoms with van der Waals surface area (Å²) >= 11 is 6.07. The van der Waals surface area contributed by atoms with E-state index in [2.05, 4.69) is 4.98 Å². The Balaban J connectivity index is 2.26. The molecule has 0 fully saturated rings. The van der Waals surface area contributed by atoms with Crippen molar-refractivity contribution in [1.82, 2.24) is 4.98 Å². The number of carbonyl (C=O) groups is 1. The third-order valence-corrected chi connectivity index (χ3v) is 3.08. The predicted molar refractivity (Wildman–Crippen MR) is 71.4 cm³/mol. The molecule has 0 bridgehead atoms. The summed E-state index contributed by atoms with van der Waals surface area (Å²) in [5.41, 5.74) is 1.47. The minimum atomic E-state index is -1.05. The van der Waals surface area contributed by atoms with Crippen LogP contribution in [0.25, 0.3) is 22.6 Å². The number of fused-ring (bicyclic) bond motifs is 1. The molecule has 1 heterocycles. The van der Waals surface area contributed by atoms with Crippen molar-refractivity contribution in [1.29, 1.82) is 0 Å². The third-order valence-electron chi connectivity index (χ3n) is 2.75. The highest BCUT2D eigenvalue weighted by molar-refractivity contribution is 6.33. The molecule has 5 heteroatoms. The first-order valence-corrected chi connectivity index (χ1v) is 5.92. The van der Waals surface area contributed by atoms with Crippen LogP contribution in [0.5, 0.6) is 0 Å². The van der Waals surface area contributed by atoms with Crippen LogP contribution in [0.3, 0.4) is 0 Å². The van der Waals surface area contributed by atoms with Gasteiger partial charge in [0.1, 0.15) is 11.1 Å². The molecular formula is C14H8ClNO3. The highest BCUT2D eigenvalue weighted by atomic mass is 35.5. The molecule has 94 valence electrons. The van der Waals surface area contributed by atoms with Crippen molar-refractivity contribution < 1.29 is 14.3 Å². The normalized spacial score (nSPS) is 10.8. The maximum absolute atomic E-state index is 11.1. The molecular weight excluding hydrogens is 266 g/mol. The Morgan fingerprint density at radius 2 is 1.95 bits per heavy atom. The minimum Gasteiger partial charge on any atom is -0.478 e. The van der Waals surface area contributed by atoms with Gasteiger partial charge in [-0.05, 0) is 24.3 Å². The van der Waals surface area contributed by atoms with Crippen molar-refractivity contribution in [3.63, 3.8) is 0 Å². The topological polar surface area (TPSA) is 63.3 Å². The fourth-order valence-corrected chi connectivity index (χ4v) is 2.08. The number of oxazole rings is 1. The lowest BCUT2D eigenvalue weighted by molar-refractivity contribution is 0.0698. The van der Waals surface area contributed by atoms with Gasteiger partial charge in [-0.15, -0.1) is 0 Å². The Labute approximate surface area is 113 Å². The van der Waals surface area contributed by atoms with E-state index >= 15 is 0 Å². The van der Waals surface area contributed by atoms with Crippen molar-refractivity contribution in [3.05, 3.63) is 53.1 Å². The predicted octanol–water partition coefficient (Wildman–Crippen LogP) is 3.85. The maximum Gasteiger partial charge on any atom is 0.339 e. The van der Waals surface area contributed by atoms with E-state index in [1.807, 2.05) is 6.07 Å². The van der Waals surface area contributed by atoms with E-state index in [1.54, 1.807) is 30.3 Å². The zero-order valence-electron chi connectivity index (χ0n) is 9.63. The summed E-state index contributed by atoms with van der Waals surface area (Å²) in [5.74, 6) is -0.734. The molecule has 1 aromatic heterocycles. The van der Waals surface area contributed by atoms with Gasteiger partial charge in [-0.3, -0.25) is 0 Å². The van der Waals surface area contributed by atoms with E-state index in [4.69, 9.17) is 21.1 Å². The Morgan fingerprint density at radius 1 is 1.16 bits per heavy atom. The van der Waals surface area contributed by atoms with Crippen molar-refractivity contribution in [3.8, 4) is 11.5 Å². The SMILES string of the molecule is O=C(O)c1cccc2nc(-c3ccccc3Cl)oc12. The van der Waals surface area contributed by atoms with Crippen LogP contribution in [-0.4, -0.2) is 16.1 Å². The molecule has 0 amide bonds. The van der Waals surface area contributed by atoms with Gasteiger partial charge in [0.2, 0.25) is 5.89 Å². The van der Waals surface area contributed by atoms with Gasteiger partial charge in [-0.1, -0.05) is 29.8 Å². The van der Waals surface area contributed by atoms with Gasteiger partial charge in [-0.25, -0.2) is 9.78 Å². The van der Waals surface area contributed by atoms with Crippen LogP contribution in [0.1, 0.15) is 10.4 Å². The number of aromatic carboxylic acids is 1. The number of hydrogen-bond acceptors (Lipinski definition) is 3. The molecule has 0 spiro atoms. The van der Waals surface area contributed by atoms with Crippen LogP contribution in [0.2, 0.25) is 5.02 Å². The average Bonchev–Trinajstić information content (AvgIpc) is 2.82. The van der Waals surface area contributed by atoms with Crippen molar-refractivity contribution in [2.75, 3.05) is 0 Å². The summed E-state index contributed by atoms with van der Waals surface area (Å²) in [6.45, 7) is 0. The first-order valence-electron chi connectivity index (χ1n) is 5.54. The molecule has 3 rings (SSSR count). The second-order valence-electron chi connectivity index (χ2n) is 3.96. The summed E-state index contributed by atoms with van der Waals surface area (Å²) in [7, 11) is 0. The number of carboxylic acids is 1. The van der Waals surface area contributed by atoms with Crippen LogP contribution < -0.4 is 0 Å². The highest BCUT2D eigenvalue weighted by Crippen LogP contribution is 2.30. The van der Waals surface area contributed by atoms with Crippen LogP contribution in [0.15, 0.2) is 46.9 Å². The van der Waals surface area contributed by atoms with Gasteiger partial charge in [0.25, 0.3) is 0 Å². The van der Waals surface area contributed by atoms with E-state index < -0.39 is 5.97 Å². The maximum atomic E-state index is 11.1. The summed E-state index contributed by atoms with van der Waals surface area (Å²) in [6.07, 6.45) is 0. The largest absolute Gasteiger partial charge is 0.478 e. The van der Waals surface area contributed by atoms with Gasteiger partial charge >= 0.3 is 5.97 Å². The van der Waals surface area contributed by atoms with Gasteiger partial charge in [0.05, 0.1) is 10.6 Å². The lowest BCUT2D eigenvalue weighted by atomic mass is 10.2. The number of benzene rings is 2. The highest BCUT2D eigenvalue weighted by Gasteiger charge is 2.16. The van der Waals surface area contributed by atoms with Gasteiger partial charge in [-0.2, -0.15) is 0 Å². The molecule has 0 atom stereocenters. The Morgan fingerprint density at radius 3 is 2.68 bits per heavy atom. The smallest absolute Gasteiger partial charge is 0.339 e.